The maximum absolute atomic E-state index is 14.2. The van der Waals surface area contributed by atoms with Crippen LogP contribution in [0.3, 0.4) is 0 Å². The first kappa shape index (κ1) is 32.4. The number of nitrogens with one attached hydrogen (secondary N) is 2. The molecule has 3 aliphatic carbocycles. The van der Waals surface area contributed by atoms with E-state index in [1.165, 1.54) is 32.1 Å². The molecule has 4 aliphatic rings. The summed E-state index contributed by atoms with van der Waals surface area (Å²) in [6.45, 7) is 6.63. The quantitative estimate of drug-likeness (QED) is 0.238. The first-order valence-corrected chi connectivity index (χ1v) is 16.9. The van der Waals surface area contributed by atoms with Gasteiger partial charge in [-0.15, -0.1) is 5.10 Å². The number of nitrogens with zero attached hydrogens (tertiary/aromatic N) is 1. The van der Waals surface area contributed by atoms with Gasteiger partial charge in [-0.3, -0.25) is 9.89 Å². The van der Waals surface area contributed by atoms with Crippen molar-refractivity contribution in [2.75, 3.05) is 13.2 Å². The van der Waals surface area contributed by atoms with E-state index in [2.05, 4.69) is 46.7 Å². The first-order valence-electron chi connectivity index (χ1n) is 16.9. The zero-order chi connectivity index (χ0) is 31.9. The Bertz CT molecular complexity index is 1320. The lowest BCUT2D eigenvalue weighted by atomic mass is 9.52. The summed E-state index contributed by atoms with van der Waals surface area (Å²) in [6.07, 6.45) is 1.34. The second kappa shape index (κ2) is 13.3. The topological polar surface area (TPSA) is 137 Å². The molecule has 1 aromatic heterocycles. The predicted molar refractivity (Wildman–Crippen MR) is 166 cm³/mol. The zero-order valence-corrected chi connectivity index (χ0v) is 26.8. The molecule has 10 heteroatoms. The van der Waals surface area contributed by atoms with Crippen LogP contribution in [0.4, 0.5) is 4.39 Å². The van der Waals surface area contributed by atoms with Crippen LogP contribution in [0.5, 0.6) is 5.88 Å². The monoisotopic (exact) mass is 627 g/mol. The second-order valence-corrected chi connectivity index (χ2v) is 14.8. The highest BCUT2D eigenvalue weighted by Crippen LogP contribution is 2.66. The summed E-state index contributed by atoms with van der Waals surface area (Å²) < 4.78 is 25.5. The van der Waals surface area contributed by atoms with Crippen molar-refractivity contribution >= 4 is 5.91 Å². The van der Waals surface area contributed by atoms with E-state index >= 15 is 0 Å². The number of aliphatic hydroxyl groups is 3. The number of benzene rings is 1. The maximum Gasteiger partial charge on any atom is 0.238 e. The number of carbonyl (C=O) groups is 1. The van der Waals surface area contributed by atoms with Crippen LogP contribution in [0.2, 0.25) is 0 Å². The lowest BCUT2D eigenvalue weighted by Crippen LogP contribution is -2.58. The first-order chi connectivity index (χ1) is 21.6. The van der Waals surface area contributed by atoms with Gasteiger partial charge in [0.05, 0.1) is 6.61 Å². The molecule has 1 aromatic carbocycles. The third-order valence-electron chi connectivity index (χ3n) is 11.1. The largest absolute Gasteiger partial charge is 0.443 e. The second-order valence-electron chi connectivity index (χ2n) is 14.8. The van der Waals surface area contributed by atoms with Crippen LogP contribution in [0.15, 0.2) is 24.3 Å². The zero-order valence-electron chi connectivity index (χ0n) is 26.8. The molecular weight excluding hydrogens is 577 g/mol. The summed E-state index contributed by atoms with van der Waals surface area (Å²) in [5.41, 5.74) is 4.17. The number of halogens is 1. The Labute approximate surface area is 265 Å². The molecule has 0 spiro atoms. The molecule has 2 aromatic rings. The third-order valence-corrected chi connectivity index (χ3v) is 11.1. The molecule has 1 amide bonds. The standard InChI is InChI=1S/C35H50FN3O6/c1-19(2)30-25(33(39-38-30)45-34-32(43)31(42)29(36)27(17-40)44-34)13-22-9-7-21(8-10-22)5-4-6-28(41)37-18-35-15-20(3)11-23-12-24(16-35)26(35)14-23/h7-10,19-20,23-24,26-27,29,31-32,34,40,42-43H,4-6,11-18H2,1-3H3,(H,37,41)(H,38,39). The molecular formula is C35H50FN3O6. The van der Waals surface area contributed by atoms with E-state index in [0.717, 1.165) is 65.4 Å². The minimum absolute atomic E-state index is 0.102. The molecule has 10 atom stereocenters. The van der Waals surface area contributed by atoms with Crippen molar-refractivity contribution in [1.82, 2.24) is 15.5 Å². The van der Waals surface area contributed by atoms with Gasteiger partial charge in [-0.2, -0.15) is 0 Å². The van der Waals surface area contributed by atoms with E-state index < -0.39 is 37.4 Å². The number of hydrogen-bond acceptors (Lipinski definition) is 7. The van der Waals surface area contributed by atoms with Crippen LogP contribution < -0.4 is 10.1 Å². The molecule has 9 nitrogen and oxygen atoms in total. The number of aromatic amines is 1. The van der Waals surface area contributed by atoms with Crippen molar-refractivity contribution in [3.05, 3.63) is 46.6 Å². The Balaban J connectivity index is 1.01. The van der Waals surface area contributed by atoms with Gasteiger partial charge in [0.15, 0.2) is 6.17 Å². The van der Waals surface area contributed by atoms with Gasteiger partial charge in [0.25, 0.3) is 0 Å². The van der Waals surface area contributed by atoms with Crippen molar-refractivity contribution in [3.63, 3.8) is 0 Å². The molecule has 45 heavy (non-hydrogen) atoms. The van der Waals surface area contributed by atoms with E-state index in [9.17, 15) is 24.5 Å². The van der Waals surface area contributed by atoms with Crippen molar-refractivity contribution < 1.29 is 34.0 Å². The summed E-state index contributed by atoms with van der Waals surface area (Å²) in [6, 6.07) is 8.26. The van der Waals surface area contributed by atoms with Crippen LogP contribution in [-0.4, -0.2) is 75.3 Å². The fourth-order valence-electron chi connectivity index (χ4n) is 8.98. The van der Waals surface area contributed by atoms with Crippen molar-refractivity contribution in [3.8, 4) is 5.88 Å². The van der Waals surface area contributed by atoms with Crippen molar-refractivity contribution in [2.24, 2.45) is 29.1 Å². The molecule has 3 saturated carbocycles. The Morgan fingerprint density at radius 1 is 1.16 bits per heavy atom. The van der Waals surface area contributed by atoms with E-state index in [1.54, 1.807) is 0 Å². The number of aryl methyl sites for hydroxylation is 1. The minimum Gasteiger partial charge on any atom is -0.443 e. The average molecular weight is 628 g/mol. The SMILES string of the molecule is CC1CC2CC3CC(CNC(=O)CCCc4ccc(Cc5c(OC6OC(CO)C(F)C(O)C6O)n[nH]c5C(C)C)cc4)(C1)C3C2. The van der Waals surface area contributed by atoms with Crippen molar-refractivity contribution in [2.45, 2.75) is 115 Å². The van der Waals surface area contributed by atoms with Crippen molar-refractivity contribution in [1.29, 1.82) is 0 Å². The molecule has 6 rings (SSSR count). The molecule has 10 unspecified atom stereocenters. The van der Waals surface area contributed by atoms with Crippen LogP contribution in [-0.2, 0) is 22.4 Å². The fourth-order valence-corrected chi connectivity index (χ4v) is 8.98. The Morgan fingerprint density at radius 3 is 2.64 bits per heavy atom. The highest BCUT2D eigenvalue weighted by atomic mass is 19.1. The lowest BCUT2D eigenvalue weighted by molar-refractivity contribution is -0.265. The summed E-state index contributed by atoms with van der Waals surface area (Å²) in [4.78, 5) is 12.8. The van der Waals surface area contributed by atoms with Gasteiger partial charge in [0, 0.05) is 30.6 Å². The molecule has 4 fully saturated rings. The summed E-state index contributed by atoms with van der Waals surface area (Å²) in [7, 11) is 0. The molecule has 1 aliphatic heterocycles. The average Bonchev–Trinajstić information content (AvgIpc) is 3.53. The van der Waals surface area contributed by atoms with Gasteiger partial charge in [0.1, 0.15) is 18.3 Å². The molecule has 248 valence electrons. The number of carbonyl (C=O) groups excluding carboxylic acids is 1. The lowest BCUT2D eigenvalue weighted by Gasteiger charge is -2.54. The molecule has 2 bridgehead atoms. The Morgan fingerprint density at radius 2 is 1.91 bits per heavy atom. The van der Waals surface area contributed by atoms with Gasteiger partial charge in [-0.1, -0.05) is 45.0 Å². The van der Waals surface area contributed by atoms with Gasteiger partial charge in [-0.05, 0) is 91.1 Å². The summed E-state index contributed by atoms with van der Waals surface area (Å²) in [5, 5.41) is 40.5. The molecule has 0 radical (unpaired) electrons. The smallest absolute Gasteiger partial charge is 0.238 e. The van der Waals surface area contributed by atoms with Gasteiger partial charge >= 0.3 is 0 Å². The van der Waals surface area contributed by atoms with Gasteiger partial charge < -0.3 is 30.1 Å². The Hall–Kier alpha value is -2.53. The number of hydrogen-bond donors (Lipinski definition) is 5. The van der Waals surface area contributed by atoms with Gasteiger partial charge in [0.2, 0.25) is 18.1 Å². The normalized spacial score (nSPS) is 35.6. The Kier molecular flexibility index (Phi) is 9.58. The summed E-state index contributed by atoms with van der Waals surface area (Å²) >= 11 is 0. The van der Waals surface area contributed by atoms with Gasteiger partial charge in [-0.25, -0.2) is 4.39 Å². The van der Waals surface area contributed by atoms with Crippen LogP contribution >= 0.6 is 0 Å². The van der Waals surface area contributed by atoms with E-state index in [0.29, 0.717) is 18.3 Å². The highest BCUT2D eigenvalue weighted by molar-refractivity contribution is 5.75. The fraction of sp³-hybridized carbons (Fsp3) is 0.714. The number of aromatic nitrogens is 2. The number of rotatable bonds is 12. The number of ether oxygens (including phenoxy) is 2. The van der Waals surface area contributed by atoms with Crippen LogP contribution in [0.1, 0.15) is 94.0 Å². The van der Waals surface area contributed by atoms with Crippen LogP contribution in [0.25, 0.3) is 0 Å². The highest BCUT2D eigenvalue weighted by Gasteiger charge is 2.59. The van der Waals surface area contributed by atoms with E-state index in [1.807, 2.05) is 13.8 Å². The third kappa shape index (κ3) is 6.66. The minimum atomic E-state index is -1.93. The van der Waals surface area contributed by atoms with Crippen LogP contribution in [0, 0.1) is 29.1 Å². The van der Waals surface area contributed by atoms with E-state index in [4.69, 9.17) is 9.47 Å². The predicted octanol–water partition coefficient (Wildman–Crippen LogP) is 4.18. The number of H-pyrrole nitrogens is 1. The summed E-state index contributed by atoms with van der Waals surface area (Å²) in [5.74, 6) is 3.88. The molecule has 1 saturated heterocycles. The number of alkyl halides is 1. The number of fused-ring (bicyclic) bond motifs is 1. The molecule has 2 heterocycles. The van der Waals surface area contributed by atoms with E-state index in [-0.39, 0.29) is 17.7 Å². The number of amides is 1. The maximum atomic E-state index is 14.2. The number of aliphatic hydroxyl groups excluding tert-OH is 3. The molecule has 5 N–H and O–H groups in total.